The number of sulfonamides is 1. The maximum Gasteiger partial charge on any atom is 0.338 e. The summed E-state index contributed by atoms with van der Waals surface area (Å²) in [6, 6.07) is 10.7. The van der Waals surface area contributed by atoms with Crippen LogP contribution in [-0.4, -0.2) is 39.7 Å². The molecule has 1 aliphatic heterocycles. The van der Waals surface area contributed by atoms with Gasteiger partial charge in [-0.2, -0.15) is 0 Å². The Kier molecular flexibility index (Phi) is 6.58. The molecule has 1 amide bonds. The predicted molar refractivity (Wildman–Crippen MR) is 107 cm³/mol. The first kappa shape index (κ1) is 21.6. The van der Waals surface area contributed by atoms with E-state index in [0.29, 0.717) is 11.5 Å². The zero-order valence-electron chi connectivity index (χ0n) is 16.5. The van der Waals surface area contributed by atoms with Crippen molar-refractivity contribution < 1.29 is 32.2 Å². The van der Waals surface area contributed by atoms with Gasteiger partial charge in [0, 0.05) is 13.1 Å². The standard InChI is InChI=1S/C20H22N2O7S/c1-3-22-30(25,26)16-6-4-5-15(10-16)20(24)29-13(2)19(23)21-11-14-7-8-17-18(9-14)28-12-27-17/h4-10,13,22H,3,11-12H2,1-2H3,(H,21,23)/t13-/m0/s1. The summed E-state index contributed by atoms with van der Waals surface area (Å²) in [7, 11) is -3.71. The van der Waals surface area contributed by atoms with E-state index in [-0.39, 0.29) is 30.3 Å². The van der Waals surface area contributed by atoms with Gasteiger partial charge >= 0.3 is 5.97 Å². The van der Waals surface area contributed by atoms with Gasteiger partial charge in [0.15, 0.2) is 17.6 Å². The van der Waals surface area contributed by atoms with Crippen LogP contribution in [0, 0.1) is 0 Å². The van der Waals surface area contributed by atoms with Crippen LogP contribution in [-0.2, 0) is 26.1 Å². The summed E-state index contributed by atoms with van der Waals surface area (Å²) in [4.78, 5) is 24.6. The van der Waals surface area contributed by atoms with Crippen molar-refractivity contribution in [2.75, 3.05) is 13.3 Å². The zero-order valence-corrected chi connectivity index (χ0v) is 17.3. The molecule has 3 rings (SSSR count). The molecule has 2 N–H and O–H groups in total. The topological polar surface area (TPSA) is 120 Å². The summed E-state index contributed by atoms with van der Waals surface area (Å²) in [5.74, 6) is -0.0360. The first-order chi connectivity index (χ1) is 14.3. The Morgan fingerprint density at radius 1 is 1.13 bits per heavy atom. The lowest BCUT2D eigenvalue weighted by Crippen LogP contribution is -2.35. The molecule has 0 unspecified atom stereocenters. The lowest BCUT2D eigenvalue weighted by atomic mass is 10.2. The highest BCUT2D eigenvalue weighted by molar-refractivity contribution is 7.89. The van der Waals surface area contributed by atoms with Crippen LogP contribution in [0.2, 0.25) is 0 Å². The first-order valence-electron chi connectivity index (χ1n) is 9.27. The minimum atomic E-state index is -3.71. The van der Waals surface area contributed by atoms with Crippen molar-refractivity contribution in [3.05, 3.63) is 53.6 Å². The molecule has 2 aromatic carbocycles. The van der Waals surface area contributed by atoms with Crippen LogP contribution >= 0.6 is 0 Å². The van der Waals surface area contributed by atoms with Gasteiger partial charge in [0.05, 0.1) is 10.5 Å². The molecule has 0 saturated heterocycles. The van der Waals surface area contributed by atoms with E-state index < -0.39 is 28.0 Å². The average molecular weight is 434 g/mol. The maximum atomic E-state index is 12.4. The van der Waals surface area contributed by atoms with Crippen LogP contribution in [0.3, 0.4) is 0 Å². The van der Waals surface area contributed by atoms with Crippen LogP contribution in [0.5, 0.6) is 11.5 Å². The number of nitrogens with one attached hydrogen (secondary N) is 2. The molecule has 0 spiro atoms. The second kappa shape index (κ2) is 9.14. The van der Waals surface area contributed by atoms with Gasteiger partial charge in [-0.3, -0.25) is 4.79 Å². The zero-order chi connectivity index (χ0) is 21.7. The van der Waals surface area contributed by atoms with Crippen LogP contribution in [0.1, 0.15) is 29.8 Å². The highest BCUT2D eigenvalue weighted by atomic mass is 32.2. The molecule has 0 aromatic heterocycles. The largest absolute Gasteiger partial charge is 0.454 e. The SMILES string of the molecule is CCNS(=O)(=O)c1cccc(C(=O)O[C@@H](C)C(=O)NCc2ccc3c(c2)OCO3)c1. The quantitative estimate of drug-likeness (QED) is 0.605. The number of rotatable bonds is 8. The van der Waals surface area contributed by atoms with Gasteiger partial charge in [-0.1, -0.05) is 19.1 Å². The number of amides is 1. The number of fused-ring (bicyclic) bond motifs is 1. The predicted octanol–water partition coefficient (Wildman–Crippen LogP) is 1.58. The summed E-state index contributed by atoms with van der Waals surface area (Å²) >= 11 is 0. The Hall–Kier alpha value is -3.11. The van der Waals surface area contributed by atoms with E-state index in [4.69, 9.17) is 14.2 Å². The molecular formula is C20H22N2O7S. The second-order valence-electron chi connectivity index (χ2n) is 6.48. The number of hydrogen-bond acceptors (Lipinski definition) is 7. The molecule has 0 bridgehead atoms. The van der Waals surface area contributed by atoms with Crippen molar-refractivity contribution in [1.82, 2.24) is 10.0 Å². The third kappa shape index (κ3) is 5.08. The number of carbonyl (C=O) groups is 2. The van der Waals surface area contributed by atoms with Crippen molar-refractivity contribution in [2.24, 2.45) is 0 Å². The van der Waals surface area contributed by atoms with Gasteiger partial charge in [-0.25, -0.2) is 17.9 Å². The molecular weight excluding hydrogens is 412 g/mol. The molecule has 1 atom stereocenters. The van der Waals surface area contributed by atoms with E-state index in [2.05, 4.69) is 10.0 Å². The fraction of sp³-hybridized carbons (Fsp3) is 0.300. The molecule has 30 heavy (non-hydrogen) atoms. The Labute approximate surface area is 174 Å². The van der Waals surface area contributed by atoms with Gasteiger partial charge < -0.3 is 19.5 Å². The second-order valence-corrected chi connectivity index (χ2v) is 8.25. The normalized spacial score (nSPS) is 13.5. The van der Waals surface area contributed by atoms with Gasteiger partial charge in [-0.05, 0) is 42.8 Å². The fourth-order valence-electron chi connectivity index (χ4n) is 2.73. The molecule has 1 heterocycles. The third-order valence-electron chi connectivity index (χ3n) is 4.27. The Morgan fingerprint density at radius 2 is 1.90 bits per heavy atom. The first-order valence-corrected chi connectivity index (χ1v) is 10.8. The van der Waals surface area contributed by atoms with Crippen molar-refractivity contribution in [3.63, 3.8) is 0 Å². The van der Waals surface area contributed by atoms with Crippen LogP contribution < -0.4 is 19.5 Å². The number of hydrogen-bond donors (Lipinski definition) is 2. The number of ether oxygens (including phenoxy) is 3. The molecule has 10 heteroatoms. The summed E-state index contributed by atoms with van der Waals surface area (Å²) < 4.78 is 42.2. The molecule has 0 saturated carbocycles. The van der Waals surface area contributed by atoms with Crippen molar-refractivity contribution in [1.29, 1.82) is 0 Å². The minimum absolute atomic E-state index is 0.0319. The Balaban J connectivity index is 1.58. The molecule has 0 aliphatic carbocycles. The third-order valence-corrected chi connectivity index (χ3v) is 5.81. The van der Waals surface area contributed by atoms with E-state index in [1.807, 2.05) is 0 Å². The van der Waals surface area contributed by atoms with Crippen LogP contribution in [0.15, 0.2) is 47.4 Å². The maximum absolute atomic E-state index is 12.4. The average Bonchev–Trinajstić information content (AvgIpc) is 3.19. The van der Waals surface area contributed by atoms with E-state index in [1.165, 1.54) is 31.2 Å². The molecule has 9 nitrogen and oxygen atoms in total. The van der Waals surface area contributed by atoms with E-state index in [1.54, 1.807) is 25.1 Å². The molecule has 1 aliphatic rings. The summed E-state index contributed by atoms with van der Waals surface area (Å²) in [6.45, 7) is 3.69. The summed E-state index contributed by atoms with van der Waals surface area (Å²) in [5.41, 5.74) is 0.830. The van der Waals surface area contributed by atoms with Gasteiger partial charge in [0.1, 0.15) is 0 Å². The lowest BCUT2D eigenvalue weighted by Gasteiger charge is -2.14. The summed E-state index contributed by atoms with van der Waals surface area (Å²) in [6.07, 6.45) is -1.07. The molecule has 160 valence electrons. The summed E-state index contributed by atoms with van der Waals surface area (Å²) in [5, 5.41) is 2.68. The van der Waals surface area contributed by atoms with Crippen molar-refractivity contribution in [2.45, 2.75) is 31.4 Å². The Morgan fingerprint density at radius 3 is 2.67 bits per heavy atom. The molecule has 2 aromatic rings. The van der Waals surface area contributed by atoms with Crippen molar-refractivity contribution in [3.8, 4) is 11.5 Å². The van der Waals surface area contributed by atoms with Crippen LogP contribution in [0.25, 0.3) is 0 Å². The number of carbonyl (C=O) groups excluding carboxylic acids is 2. The highest BCUT2D eigenvalue weighted by Crippen LogP contribution is 2.32. The lowest BCUT2D eigenvalue weighted by molar-refractivity contribution is -0.129. The van der Waals surface area contributed by atoms with Crippen LogP contribution in [0.4, 0.5) is 0 Å². The highest BCUT2D eigenvalue weighted by Gasteiger charge is 2.21. The van der Waals surface area contributed by atoms with Gasteiger partial charge in [-0.15, -0.1) is 0 Å². The van der Waals surface area contributed by atoms with Gasteiger partial charge in [0.2, 0.25) is 16.8 Å². The van der Waals surface area contributed by atoms with Crippen molar-refractivity contribution >= 4 is 21.9 Å². The monoisotopic (exact) mass is 434 g/mol. The van der Waals surface area contributed by atoms with E-state index in [0.717, 1.165) is 5.56 Å². The fourth-order valence-corrected chi connectivity index (χ4v) is 3.82. The number of esters is 1. The molecule has 0 radical (unpaired) electrons. The van der Waals surface area contributed by atoms with Gasteiger partial charge in [0.25, 0.3) is 5.91 Å². The minimum Gasteiger partial charge on any atom is -0.454 e. The van der Waals surface area contributed by atoms with E-state index in [9.17, 15) is 18.0 Å². The van der Waals surface area contributed by atoms with E-state index >= 15 is 0 Å². The molecule has 0 fully saturated rings. The Bertz CT molecular complexity index is 1050. The number of benzene rings is 2. The smallest absolute Gasteiger partial charge is 0.338 e.